The topological polar surface area (TPSA) is 17.1 Å². The summed E-state index contributed by atoms with van der Waals surface area (Å²) in [6.45, 7) is 2.20. The Hall–Kier alpha value is -0.280. The number of unbranched alkanes of at least 4 members (excludes halogenated alkanes) is 2. The van der Waals surface area contributed by atoms with Crippen LogP contribution in [-0.4, -0.2) is 12.0 Å². The second-order valence-electron chi connectivity index (χ2n) is 3.36. The van der Waals surface area contributed by atoms with Crippen LogP contribution >= 0.6 is 27.7 Å². The Morgan fingerprint density at radius 2 is 2.20 bits per heavy atom. The minimum Gasteiger partial charge on any atom is -0.298 e. The van der Waals surface area contributed by atoms with Gasteiger partial charge in [-0.2, -0.15) is 0 Å². The summed E-state index contributed by atoms with van der Waals surface area (Å²) in [4.78, 5) is 11.9. The molecular weight excluding hydrogens is 272 g/mol. The molecule has 1 aromatic rings. The maximum absolute atomic E-state index is 10.8. The van der Waals surface area contributed by atoms with E-state index in [1.54, 1.807) is 11.8 Å². The molecule has 82 valence electrons. The molecule has 0 spiro atoms. The van der Waals surface area contributed by atoms with E-state index in [1.165, 1.54) is 19.3 Å². The second kappa shape index (κ2) is 7.07. The number of aldehydes is 1. The number of halogens is 1. The van der Waals surface area contributed by atoms with Gasteiger partial charge >= 0.3 is 0 Å². The first-order chi connectivity index (χ1) is 7.27. The van der Waals surface area contributed by atoms with Crippen LogP contribution in [0.4, 0.5) is 0 Å². The van der Waals surface area contributed by atoms with Crippen LogP contribution in [0.15, 0.2) is 27.6 Å². The van der Waals surface area contributed by atoms with Crippen LogP contribution in [0.3, 0.4) is 0 Å². The van der Waals surface area contributed by atoms with Crippen LogP contribution in [0, 0.1) is 0 Å². The molecule has 0 aliphatic rings. The molecule has 1 nitrogen and oxygen atoms in total. The molecule has 0 saturated carbocycles. The lowest BCUT2D eigenvalue weighted by molar-refractivity contribution is 0.112. The SMILES string of the molecule is CCCCCSc1cc(Br)ccc1C=O. The van der Waals surface area contributed by atoms with Crippen LogP contribution in [0.2, 0.25) is 0 Å². The van der Waals surface area contributed by atoms with Crippen molar-refractivity contribution >= 4 is 34.0 Å². The zero-order chi connectivity index (χ0) is 11.1. The maximum Gasteiger partial charge on any atom is 0.151 e. The number of benzene rings is 1. The molecule has 0 amide bonds. The molecule has 0 atom stereocenters. The fourth-order valence-corrected chi connectivity index (χ4v) is 2.84. The smallest absolute Gasteiger partial charge is 0.151 e. The van der Waals surface area contributed by atoms with Crippen molar-refractivity contribution in [2.24, 2.45) is 0 Å². The van der Waals surface area contributed by atoms with Crippen LogP contribution in [0.25, 0.3) is 0 Å². The zero-order valence-electron chi connectivity index (χ0n) is 8.83. The molecule has 15 heavy (non-hydrogen) atoms. The van der Waals surface area contributed by atoms with Crippen molar-refractivity contribution in [1.29, 1.82) is 0 Å². The van der Waals surface area contributed by atoms with E-state index in [0.717, 1.165) is 27.0 Å². The molecule has 0 aromatic heterocycles. The minimum absolute atomic E-state index is 0.791. The van der Waals surface area contributed by atoms with Gasteiger partial charge < -0.3 is 0 Å². The highest BCUT2D eigenvalue weighted by Crippen LogP contribution is 2.26. The van der Waals surface area contributed by atoms with Crippen LogP contribution in [-0.2, 0) is 0 Å². The lowest BCUT2D eigenvalue weighted by Crippen LogP contribution is -1.87. The Morgan fingerprint density at radius 1 is 1.40 bits per heavy atom. The van der Waals surface area contributed by atoms with E-state index in [4.69, 9.17) is 0 Å². The molecule has 0 bridgehead atoms. The molecule has 0 saturated heterocycles. The zero-order valence-corrected chi connectivity index (χ0v) is 11.2. The van der Waals surface area contributed by atoms with Gasteiger partial charge in [0.15, 0.2) is 6.29 Å². The van der Waals surface area contributed by atoms with Crippen molar-refractivity contribution in [3.8, 4) is 0 Å². The van der Waals surface area contributed by atoms with Crippen molar-refractivity contribution in [3.63, 3.8) is 0 Å². The quantitative estimate of drug-likeness (QED) is 0.434. The van der Waals surface area contributed by atoms with Gasteiger partial charge in [0.2, 0.25) is 0 Å². The fraction of sp³-hybridized carbons (Fsp3) is 0.417. The summed E-state index contributed by atoms with van der Waals surface area (Å²) in [5.41, 5.74) is 0.791. The molecule has 0 N–H and O–H groups in total. The first kappa shape index (κ1) is 12.8. The summed E-state index contributed by atoms with van der Waals surface area (Å²) in [5.74, 6) is 1.09. The molecule has 0 unspecified atom stereocenters. The third-order valence-corrected chi connectivity index (χ3v) is 3.76. The summed E-state index contributed by atoms with van der Waals surface area (Å²) < 4.78 is 1.03. The molecule has 3 heteroatoms. The number of hydrogen-bond donors (Lipinski definition) is 0. The van der Waals surface area contributed by atoms with E-state index >= 15 is 0 Å². The maximum atomic E-state index is 10.8. The highest BCUT2D eigenvalue weighted by atomic mass is 79.9. The van der Waals surface area contributed by atoms with Gasteiger partial charge in [0.1, 0.15) is 0 Å². The van der Waals surface area contributed by atoms with Crippen molar-refractivity contribution in [3.05, 3.63) is 28.2 Å². The van der Waals surface area contributed by atoms with Gasteiger partial charge in [0, 0.05) is 14.9 Å². The van der Waals surface area contributed by atoms with Crippen LogP contribution in [0.5, 0.6) is 0 Å². The average Bonchev–Trinajstić information content (AvgIpc) is 2.25. The standard InChI is InChI=1S/C12H15BrOS/c1-2-3-4-7-15-12-8-11(13)6-5-10(12)9-14/h5-6,8-9H,2-4,7H2,1H3. The van der Waals surface area contributed by atoms with Gasteiger partial charge in [-0.05, 0) is 30.4 Å². The summed E-state index contributed by atoms with van der Waals surface area (Å²) in [6, 6.07) is 5.78. The Bertz CT molecular complexity index is 325. The van der Waals surface area contributed by atoms with E-state index in [0.29, 0.717) is 0 Å². The van der Waals surface area contributed by atoms with E-state index in [9.17, 15) is 4.79 Å². The molecule has 0 fully saturated rings. The van der Waals surface area contributed by atoms with Crippen molar-refractivity contribution in [2.75, 3.05) is 5.75 Å². The Morgan fingerprint density at radius 3 is 2.87 bits per heavy atom. The number of rotatable bonds is 6. The number of carbonyl (C=O) groups is 1. The molecule has 0 aliphatic carbocycles. The number of thioether (sulfide) groups is 1. The lowest BCUT2D eigenvalue weighted by Gasteiger charge is -2.04. The van der Waals surface area contributed by atoms with Crippen molar-refractivity contribution in [1.82, 2.24) is 0 Å². The van der Waals surface area contributed by atoms with Gasteiger partial charge in [-0.25, -0.2) is 0 Å². The Labute approximate surface area is 104 Å². The molecule has 1 aromatic carbocycles. The van der Waals surface area contributed by atoms with Gasteiger partial charge in [0.25, 0.3) is 0 Å². The van der Waals surface area contributed by atoms with Crippen molar-refractivity contribution in [2.45, 2.75) is 31.1 Å². The van der Waals surface area contributed by atoms with Gasteiger partial charge in [-0.15, -0.1) is 11.8 Å². The third-order valence-electron chi connectivity index (χ3n) is 2.11. The number of hydrogen-bond acceptors (Lipinski definition) is 2. The first-order valence-corrected chi connectivity index (χ1v) is 6.93. The van der Waals surface area contributed by atoms with E-state index in [1.807, 2.05) is 18.2 Å². The van der Waals surface area contributed by atoms with Gasteiger partial charge in [-0.1, -0.05) is 35.7 Å². The van der Waals surface area contributed by atoms with Crippen LogP contribution in [0.1, 0.15) is 36.5 Å². The largest absolute Gasteiger partial charge is 0.298 e. The van der Waals surface area contributed by atoms with E-state index < -0.39 is 0 Å². The molecule has 0 aliphatic heterocycles. The van der Waals surface area contributed by atoms with E-state index in [2.05, 4.69) is 22.9 Å². The molecule has 1 rings (SSSR count). The summed E-state index contributed by atoms with van der Waals surface area (Å²) in [7, 11) is 0. The summed E-state index contributed by atoms with van der Waals surface area (Å²) >= 11 is 5.18. The second-order valence-corrected chi connectivity index (χ2v) is 5.41. The monoisotopic (exact) mass is 286 g/mol. The fourth-order valence-electron chi connectivity index (χ4n) is 1.26. The van der Waals surface area contributed by atoms with E-state index in [-0.39, 0.29) is 0 Å². The van der Waals surface area contributed by atoms with Crippen LogP contribution < -0.4 is 0 Å². The van der Waals surface area contributed by atoms with Crippen molar-refractivity contribution < 1.29 is 4.79 Å². The van der Waals surface area contributed by atoms with Gasteiger partial charge in [0.05, 0.1) is 0 Å². The first-order valence-electron chi connectivity index (χ1n) is 5.15. The minimum atomic E-state index is 0.791. The normalized spacial score (nSPS) is 10.3. The Kier molecular flexibility index (Phi) is 6.03. The Balaban J connectivity index is 2.58. The highest BCUT2D eigenvalue weighted by Gasteiger charge is 2.02. The molecule has 0 radical (unpaired) electrons. The summed E-state index contributed by atoms with van der Waals surface area (Å²) in [5, 5.41) is 0. The molecular formula is C12H15BrOS. The predicted molar refractivity (Wildman–Crippen MR) is 69.8 cm³/mol. The summed E-state index contributed by atoms with van der Waals surface area (Å²) in [6.07, 6.45) is 4.64. The molecule has 0 heterocycles. The highest BCUT2D eigenvalue weighted by molar-refractivity contribution is 9.10. The van der Waals surface area contributed by atoms with Gasteiger partial charge in [-0.3, -0.25) is 4.79 Å². The average molecular weight is 287 g/mol. The lowest BCUT2D eigenvalue weighted by atomic mass is 10.2. The number of carbonyl (C=O) groups excluding carboxylic acids is 1. The predicted octanol–water partition coefficient (Wildman–Crippen LogP) is 4.54. The third kappa shape index (κ3) is 4.39.